The summed E-state index contributed by atoms with van der Waals surface area (Å²) in [6, 6.07) is 9.23. The zero-order valence-electron chi connectivity index (χ0n) is 12.5. The van der Waals surface area contributed by atoms with Crippen molar-refractivity contribution in [1.29, 1.82) is 0 Å². The number of nitrogens with one attached hydrogen (secondary N) is 2. The molecule has 7 nitrogen and oxygen atoms in total. The average molecular weight is 308 g/mol. The first-order chi connectivity index (χ1) is 10.6. The van der Waals surface area contributed by atoms with Crippen molar-refractivity contribution >= 4 is 18.0 Å². The highest BCUT2D eigenvalue weighted by molar-refractivity contribution is 5.82. The fourth-order valence-electron chi connectivity index (χ4n) is 1.55. The van der Waals surface area contributed by atoms with Crippen LogP contribution in [0, 0.1) is 0 Å². The van der Waals surface area contributed by atoms with Gasteiger partial charge in [0.25, 0.3) is 0 Å². The van der Waals surface area contributed by atoms with Crippen LogP contribution in [0.25, 0.3) is 0 Å². The fourth-order valence-corrected chi connectivity index (χ4v) is 1.55. The van der Waals surface area contributed by atoms with E-state index < -0.39 is 6.09 Å². The van der Waals surface area contributed by atoms with Gasteiger partial charge in [-0.2, -0.15) is 0 Å². The monoisotopic (exact) mass is 308 g/mol. The summed E-state index contributed by atoms with van der Waals surface area (Å²) in [5.41, 5.74) is 0.866. The molecule has 1 rings (SSSR count). The molecule has 0 unspecified atom stereocenters. The lowest BCUT2D eigenvalue weighted by Gasteiger charge is -2.08. The molecule has 0 aliphatic carbocycles. The number of ether oxygens (including phenoxy) is 2. The minimum absolute atomic E-state index is 0.146. The number of amides is 2. The highest BCUT2D eigenvalue weighted by Crippen LogP contribution is 2.00. The number of methoxy groups -OCH3 is 1. The Balaban J connectivity index is 2.08. The van der Waals surface area contributed by atoms with Crippen molar-refractivity contribution in [3.8, 4) is 0 Å². The maximum atomic E-state index is 11.4. The van der Waals surface area contributed by atoms with E-state index in [-0.39, 0.29) is 31.4 Å². The van der Waals surface area contributed by atoms with Crippen molar-refractivity contribution in [2.45, 2.75) is 19.4 Å². The number of alkyl carbamates (subject to hydrolysis) is 1. The Labute approximate surface area is 129 Å². The number of hydrogen-bond acceptors (Lipinski definition) is 5. The summed E-state index contributed by atoms with van der Waals surface area (Å²) in [4.78, 5) is 33.7. The maximum Gasteiger partial charge on any atom is 0.407 e. The molecule has 2 N–H and O–H groups in total. The van der Waals surface area contributed by atoms with Gasteiger partial charge < -0.3 is 20.1 Å². The number of hydrogen-bond donors (Lipinski definition) is 2. The van der Waals surface area contributed by atoms with Crippen molar-refractivity contribution in [2.24, 2.45) is 0 Å². The van der Waals surface area contributed by atoms with Gasteiger partial charge in [-0.1, -0.05) is 30.3 Å². The van der Waals surface area contributed by atoms with Crippen LogP contribution in [-0.4, -0.2) is 38.2 Å². The number of carbonyl (C=O) groups is 3. The molecule has 0 saturated carbocycles. The Morgan fingerprint density at radius 1 is 1.09 bits per heavy atom. The molecule has 0 aliphatic rings. The number of esters is 1. The third-order valence-corrected chi connectivity index (χ3v) is 2.71. The van der Waals surface area contributed by atoms with Gasteiger partial charge in [-0.25, -0.2) is 4.79 Å². The highest BCUT2D eigenvalue weighted by atomic mass is 16.5. The molecule has 7 heteroatoms. The molecule has 0 aliphatic heterocycles. The molecule has 1 aromatic rings. The van der Waals surface area contributed by atoms with Gasteiger partial charge in [-0.05, 0) is 12.0 Å². The van der Waals surface area contributed by atoms with Gasteiger partial charge in [0.2, 0.25) is 5.91 Å². The van der Waals surface area contributed by atoms with Crippen molar-refractivity contribution in [2.75, 3.05) is 20.2 Å². The molecular formula is C15H20N2O5. The van der Waals surface area contributed by atoms with E-state index in [4.69, 9.17) is 4.74 Å². The van der Waals surface area contributed by atoms with Crippen molar-refractivity contribution < 1.29 is 23.9 Å². The topological polar surface area (TPSA) is 93.7 Å². The maximum absolute atomic E-state index is 11.4. The number of benzene rings is 1. The third-order valence-electron chi connectivity index (χ3n) is 2.71. The second-order valence-corrected chi connectivity index (χ2v) is 4.44. The first-order valence-corrected chi connectivity index (χ1v) is 6.90. The summed E-state index contributed by atoms with van der Waals surface area (Å²) >= 11 is 0. The van der Waals surface area contributed by atoms with Crippen LogP contribution in [0.4, 0.5) is 4.79 Å². The second kappa shape index (κ2) is 10.2. The standard InChI is InChI=1S/C15H20N2O5/c1-21-14(19)8-5-9-16-13(18)10-17-15(20)22-11-12-6-3-2-4-7-12/h2-4,6-7H,5,8-11H2,1H3,(H,16,18)(H,17,20). The molecule has 0 bridgehead atoms. The minimum Gasteiger partial charge on any atom is -0.469 e. The van der Waals surface area contributed by atoms with E-state index in [1.807, 2.05) is 30.3 Å². The van der Waals surface area contributed by atoms with Crippen LogP contribution in [0.2, 0.25) is 0 Å². The molecule has 0 spiro atoms. The first-order valence-electron chi connectivity index (χ1n) is 6.90. The summed E-state index contributed by atoms with van der Waals surface area (Å²) in [6.45, 7) is 0.313. The van der Waals surface area contributed by atoms with Crippen LogP contribution in [0.3, 0.4) is 0 Å². The summed E-state index contributed by atoms with van der Waals surface area (Å²) in [5.74, 6) is -0.668. The van der Waals surface area contributed by atoms with Crippen molar-refractivity contribution in [3.63, 3.8) is 0 Å². The molecule has 0 atom stereocenters. The highest BCUT2D eigenvalue weighted by Gasteiger charge is 2.06. The van der Waals surface area contributed by atoms with Gasteiger partial charge in [0.15, 0.2) is 0 Å². The van der Waals surface area contributed by atoms with Crippen LogP contribution in [0.1, 0.15) is 18.4 Å². The van der Waals surface area contributed by atoms with E-state index >= 15 is 0 Å². The molecule has 120 valence electrons. The summed E-state index contributed by atoms with van der Waals surface area (Å²) < 4.78 is 9.43. The third kappa shape index (κ3) is 7.88. The summed E-state index contributed by atoms with van der Waals surface area (Å²) in [7, 11) is 1.31. The van der Waals surface area contributed by atoms with Crippen molar-refractivity contribution in [1.82, 2.24) is 10.6 Å². The second-order valence-electron chi connectivity index (χ2n) is 4.44. The molecule has 0 fully saturated rings. The van der Waals surface area contributed by atoms with Gasteiger partial charge in [-0.3, -0.25) is 9.59 Å². The molecule has 0 radical (unpaired) electrons. The lowest BCUT2D eigenvalue weighted by molar-refractivity contribution is -0.140. The van der Waals surface area contributed by atoms with Crippen LogP contribution < -0.4 is 10.6 Å². The fraction of sp³-hybridized carbons (Fsp3) is 0.400. The van der Waals surface area contributed by atoms with Crippen LogP contribution in [-0.2, 0) is 25.7 Å². The zero-order valence-corrected chi connectivity index (χ0v) is 12.5. The first kappa shape index (κ1) is 17.5. The number of rotatable bonds is 8. The molecule has 2 amide bonds. The predicted octanol–water partition coefficient (Wildman–Crippen LogP) is 0.982. The Morgan fingerprint density at radius 3 is 2.50 bits per heavy atom. The van der Waals surface area contributed by atoms with E-state index in [1.54, 1.807) is 0 Å². The molecule has 0 saturated heterocycles. The van der Waals surface area contributed by atoms with E-state index in [0.717, 1.165) is 5.56 Å². The molecule has 0 aromatic heterocycles. The lowest BCUT2D eigenvalue weighted by atomic mass is 10.2. The zero-order chi connectivity index (χ0) is 16.2. The van der Waals surface area contributed by atoms with Gasteiger partial charge >= 0.3 is 12.1 Å². The quantitative estimate of drug-likeness (QED) is 0.551. The van der Waals surface area contributed by atoms with E-state index in [1.165, 1.54) is 7.11 Å². The van der Waals surface area contributed by atoms with Crippen LogP contribution in [0.15, 0.2) is 30.3 Å². The SMILES string of the molecule is COC(=O)CCCNC(=O)CNC(=O)OCc1ccccc1. The predicted molar refractivity (Wildman–Crippen MR) is 78.9 cm³/mol. The average Bonchev–Trinajstić information content (AvgIpc) is 2.55. The van der Waals surface area contributed by atoms with E-state index in [0.29, 0.717) is 13.0 Å². The molecule has 0 heterocycles. The summed E-state index contributed by atoms with van der Waals surface area (Å²) in [5, 5.41) is 4.92. The van der Waals surface area contributed by atoms with Gasteiger partial charge in [0.1, 0.15) is 6.61 Å². The number of carbonyl (C=O) groups excluding carboxylic acids is 3. The normalized spacial score (nSPS) is 9.68. The largest absolute Gasteiger partial charge is 0.469 e. The minimum atomic E-state index is -0.659. The van der Waals surface area contributed by atoms with Gasteiger partial charge in [0.05, 0.1) is 13.7 Å². The Kier molecular flexibility index (Phi) is 8.10. The Morgan fingerprint density at radius 2 is 1.82 bits per heavy atom. The lowest BCUT2D eigenvalue weighted by Crippen LogP contribution is -2.37. The molecule has 22 heavy (non-hydrogen) atoms. The van der Waals surface area contributed by atoms with Crippen LogP contribution >= 0.6 is 0 Å². The van der Waals surface area contributed by atoms with E-state index in [2.05, 4.69) is 15.4 Å². The smallest absolute Gasteiger partial charge is 0.407 e. The summed E-state index contributed by atoms with van der Waals surface area (Å²) in [6.07, 6.45) is 0.0637. The Hall–Kier alpha value is -2.57. The van der Waals surface area contributed by atoms with Gasteiger partial charge in [-0.15, -0.1) is 0 Å². The van der Waals surface area contributed by atoms with E-state index in [9.17, 15) is 14.4 Å². The van der Waals surface area contributed by atoms with Crippen LogP contribution in [0.5, 0.6) is 0 Å². The van der Waals surface area contributed by atoms with Gasteiger partial charge in [0, 0.05) is 13.0 Å². The molecule has 1 aromatic carbocycles. The van der Waals surface area contributed by atoms with Crippen molar-refractivity contribution in [3.05, 3.63) is 35.9 Å². The Bertz CT molecular complexity index is 490. The molecular weight excluding hydrogens is 288 g/mol.